The summed E-state index contributed by atoms with van der Waals surface area (Å²) in [5.74, 6) is 1.44. The van der Waals surface area contributed by atoms with E-state index in [1.807, 2.05) is 18.2 Å². The molecule has 0 saturated heterocycles. The maximum Gasteiger partial charge on any atom is 0.226 e. The van der Waals surface area contributed by atoms with Crippen molar-refractivity contribution in [2.75, 3.05) is 6.54 Å². The van der Waals surface area contributed by atoms with Gasteiger partial charge in [0.05, 0.1) is 5.41 Å². The van der Waals surface area contributed by atoms with Gasteiger partial charge in [-0.25, -0.2) is 0 Å². The van der Waals surface area contributed by atoms with Crippen LogP contribution in [0.4, 0.5) is 0 Å². The highest BCUT2D eigenvalue weighted by atomic mass is 16.4. The first kappa shape index (κ1) is 14.3. The first-order valence-corrected chi connectivity index (χ1v) is 7.78. The van der Waals surface area contributed by atoms with Crippen LogP contribution in [-0.4, -0.2) is 22.8 Å². The van der Waals surface area contributed by atoms with Crippen LogP contribution in [0.1, 0.15) is 50.5 Å². The van der Waals surface area contributed by atoms with Gasteiger partial charge in [0.25, 0.3) is 0 Å². The molecule has 1 aromatic carbocycles. The van der Waals surface area contributed by atoms with Gasteiger partial charge in [-0.05, 0) is 45.2 Å². The lowest BCUT2D eigenvalue weighted by Crippen LogP contribution is -2.19. The molecule has 1 aromatic heterocycles. The highest BCUT2D eigenvalue weighted by Crippen LogP contribution is 2.30. The Morgan fingerprint density at radius 3 is 2.67 bits per heavy atom. The predicted octanol–water partition coefficient (Wildman–Crippen LogP) is 3.08. The van der Waals surface area contributed by atoms with E-state index in [0.29, 0.717) is 5.89 Å². The highest BCUT2D eigenvalue weighted by Gasteiger charge is 2.29. The van der Waals surface area contributed by atoms with Crippen LogP contribution in [0.3, 0.4) is 0 Å². The maximum atomic E-state index is 5.88. The van der Waals surface area contributed by atoms with E-state index in [4.69, 9.17) is 4.42 Å². The summed E-state index contributed by atoms with van der Waals surface area (Å²) in [6, 6.07) is 11.1. The van der Waals surface area contributed by atoms with Gasteiger partial charge in [0.1, 0.15) is 0 Å². The average molecular weight is 285 g/mol. The largest absolute Gasteiger partial charge is 0.424 e. The molecule has 1 aliphatic carbocycles. The first-order valence-electron chi connectivity index (χ1n) is 7.78. The number of nitrogens with one attached hydrogen (secondary N) is 1. The van der Waals surface area contributed by atoms with Gasteiger partial charge in [-0.2, -0.15) is 0 Å². The van der Waals surface area contributed by atoms with Gasteiger partial charge >= 0.3 is 0 Å². The number of aryl methyl sites for hydroxylation is 1. The van der Waals surface area contributed by atoms with Crippen LogP contribution in [0.15, 0.2) is 34.7 Å². The van der Waals surface area contributed by atoms with E-state index < -0.39 is 0 Å². The standard InChI is InChI=1S/C17H23N3O/c1-17(2,13-7-4-3-5-8-13)16-20-19-15(21-16)9-6-12-18-14-10-11-14/h3-5,7-8,14,18H,6,9-12H2,1-2H3. The van der Waals surface area contributed by atoms with Crippen LogP contribution < -0.4 is 5.32 Å². The third-order valence-corrected chi connectivity index (χ3v) is 4.07. The quantitative estimate of drug-likeness (QED) is 0.794. The monoisotopic (exact) mass is 285 g/mol. The molecule has 4 nitrogen and oxygen atoms in total. The molecule has 1 fully saturated rings. The Morgan fingerprint density at radius 1 is 1.19 bits per heavy atom. The lowest BCUT2D eigenvalue weighted by atomic mass is 9.85. The fourth-order valence-electron chi connectivity index (χ4n) is 2.42. The molecule has 3 rings (SSSR count). The Morgan fingerprint density at radius 2 is 1.95 bits per heavy atom. The summed E-state index contributed by atoms with van der Waals surface area (Å²) in [5, 5.41) is 11.9. The summed E-state index contributed by atoms with van der Waals surface area (Å²) < 4.78 is 5.88. The molecule has 1 N–H and O–H groups in total. The van der Waals surface area contributed by atoms with Crippen molar-refractivity contribution in [3.05, 3.63) is 47.7 Å². The number of hydrogen-bond donors (Lipinski definition) is 1. The SMILES string of the molecule is CC(C)(c1ccccc1)c1nnc(CCCNC2CC2)o1. The van der Waals surface area contributed by atoms with Crippen molar-refractivity contribution in [3.63, 3.8) is 0 Å². The summed E-state index contributed by atoms with van der Waals surface area (Å²) in [4.78, 5) is 0. The second kappa shape index (κ2) is 5.98. The van der Waals surface area contributed by atoms with Crippen molar-refractivity contribution in [1.82, 2.24) is 15.5 Å². The van der Waals surface area contributed by atoms with Crippen molar-refractivity contribution < 1.29 is 4.42 Å². The smallest absolute Gasteiger partial charge is 0.226 e. The molecule has 1 heterocycles. The summed E-state index contributed by atoms with van der Waals surface area (Å²) in [7, 11) is 0. The van der Waals surface area contributed by atoms with Crippen LogP contribution in [0.2, 0.25) is 0 Å². The number of nitrogens with zero attached hydrogens (tertiary/aromatic N) is 2. The van der Waals surface area contributed by atoms with Crippen LogP contribution in [-0.2, 0) is 11.8 Å². The van der Waals surface area contributed by atoms with Crippen molar-refractivity contribution in [2.24, 2.45) is 0 Å². The number of benzene rings is 1. The van der Waals surface area contributed by atoms with Crippen molar-refractivity contribution in [3.8, 4) is 0 Å². The number of rotatable bonds is 7. The second-order valence-corrected chi connectivity index (χ2v) is 6.32. The summed E-state index contributed by atoms with van der Waals surface area (Å²) >= 11 is 0. The van der Waals surface area contributed by atoms with Gasteiger partial charge < -0.3 is 9.73 Å². The second-order valence-electron chi connectivity index (χ2n) is 6.32. The average Bonchev–Trinajstić information content (AvgIpc) is 3.20. The van der Waals surface area contributed by atoms with Gasteiger partial charge in [-0.1, -0.05) is 30.3 Å². The van der Waals surface area contributed by atoms with Crippen molar-refractivity contribution in [2.45, 2.75) is 51.0 Å². The maximum absolute atomic E-state index is 5.88. The topological polar surface area (TPSA) is 51.0 Å². The van der Waals surface area contributed by atoms with Gasteiger partial charge in [0, 0.05) is 12.5 Å². The number of aromatic nitrogens is 2. The first-order chi connectivity index (χ1) is 10.2. The third-order valence-electron chi connectivity index (χ3n) is 4.07. The van der Waals surface area contributed by atoms with Crippen LogP contribution in [0.5, 0.6) is 0 Å². The van der Waals surface area contributed by atoms with Crippen molar-refractivity contribution in [1.29, 1.82) is 0 Å². The molecule has 112 valence electrons. The molecule has 1 saturated carbocycles. The number of hydrogen-bond acceptors (Lipinski definition) is 4. The molecule has 2 aromatic rings. The van der Waals surface area contributed by atoms with Crippen LogP contribution >= 0.6 is 0 Å². The fraction of sp³-hybridized carbons (Fsp3) is 0.529. The van der Waals surface area contributed by atoms with E-state index in [1.165, 1.54) is 18.4 Å². The van der Waals surface area contributed by atoms with Crippen LogP contribution in [0.25, 0.3) is 0 Å². The van der Waals surface area contributed by atoms with Gasteiger partial charge in [-0.15, -0.1) is 10.2 Å². The minimum Gasteiger partial charge on any atom is -0.424 e. The van der Waals surface area contributed by atoms with E-state index in [9.17, 15) is 0 Å². The molecule has 0 aliphatic heterocycles. The van der Waals surface area contributed by atoms with E-state index in [0.717, 1.165) is 31.3 Å². The molecular formula is C17H23N3O. The Bertz CT molecular complexity index is 573. The molecule has 21 heavy (non-hydrogen) atoms. The Balaban J connectivity index is 1.60. The molecule has 0 bridgehead atoms. The zero-order valence-electron chi connectivity index (χ0n) is 12.8. The summed E-state index contributed by atoms with van der Waals surface area (Å²) in [6.07, 6.45) is 4.55. The molecular weight excluding hydrogens is 262 g/mol. The lowest BCUT2D eigenvalue weighted by molar-refractivity contribution is 0.384. The minimum atomic E-state index is -0.251. The zero-order chi connectivity index (χ0) is 14.7. The molecule has 0 amide bonds. The Hall–Kier alpha value is -1.68. The van der Waals surface area contributed by atoms with E-state index >= 15 is 0 Å². The Labute approximate surface area is 126 Å². The predicted molar refractivity (Wildman–Crippen MR) is 82.2 cm³/mol. The van der Waals surface area contributed by atoms with E-state index in [2.05, 4.69) is 41.5 Å². The fourth-order valence-corrected chi connectivity index (χ4v) is 2.42. The molecule has 1 aliphatic rings. The van der Waals surface area contributed by atoms with E-state index in [1.54, 1.807) is 0 Å². The van der Waals surface area contributed by atoms with E-state index in [-0.39, 0.29) is 5.41 Å². The molecule has 0 radical (unpaired) electrons. The molecule has 0 unspecified atom stereocenters. The highest BCUT2D eigenvalue weighted by molar-refractivity contribution is 5.29. The van der Waals surface area contributed by atoms with Gasteiger partial charge in [-0.3, -0.25) is 0 Å². The minimum absolute atomic E-state index is 0.251. The lowest BCUT2D eigenvalue weighted by Gasteiger charge is -2.20. The Kier molecular flexibility index (Phi) is 4.06. The zero-order valence-corrected chi connectivity index (χ0v) is 12.8. The third kappa shape index (κ3) is 3.50. The van der Waals surface area contributed by atoms with Crippen LogP contribution in [0, 0.1) is 0 Å². The summed E-state index contributed by atoms with van der Waals surface area (Å²) in [6.45, 7) is 5.27. The molecule has 0 atom stereocenters. The molecule has 4 heteroatoms. The van der Waals surface area contributed by atoms with Crippen molar-refractivity contribution >= 4 is 0 Å². The summed E-state index contributed by atoms with van der Waals surface area (Å²) in [5.41, 5.74) is 0.939. The normalized spacial score (nSPS) is 15.3. The van der Waals surface area contributed by atoms with Gasteiger partial charge in [0.2, 0.25) is 11.8 Å². The molecule has 0 spiro atoms. The van der Waals surface area contributed by atoms with Gasteiger partial charge in [0.15, 0.2) is 0 Å².